The van der Waals surface area contributed by atoms with Crippen molar-refractivity contribution in [1.29, 1.82) is 0 Å². The van der Waals surface area contributed by atoms with Crippen molar-refractivity contribution in [2.45, 2.75) is 38.5 Å². The predicted molar refractivity (Wildman–Crippen MR) is 79.5 cm³/mol. The molecule has 1 saturated heterocycles. The van der Waals surface area contributed by atoms with Crippen LogP contribution in [0.4, 0.5) is 0 Å². The van der Waals surface area contributed by atoms with E-state index in [1.54, 1.807) is 0 Å². The van der Waals surface area contributed by atoms with Gasteiger partial charge in [0.05, 0.1) is 11.0 Å². The number of nitrogens with zero attached hydrogens (tertiary/aromatic N) is 2. The van der Waals surface area contributed by atoms with Gasteiger partial charge in [0, 0.05) is 12.5 Å². The van der Waals surface area contributed by atoms with Crippen molar-refractivity contribution in [1.82, 2.24) is 14.9 Å². The summed E-state index contributed by atoms with van der Waals surface area (Å²) in [6.45, 7) is 6.65. The molecule has 0 aliphatic carbocycles. The molecule has 0 bridgehead atoms. The third-order valence-corrected chi connectivity index (χ3v) is 4.75. The maximum Gasteiger partial charge on any atom is 0.115 e. The number of fused-ring (bicyclic) bond motifs is 1. The fourth-order valence-corrected chi connectivity index (χ4v) is 3.42. The zero-order chi connectivity index (χ0) is 13.5. The molecule has 2 aromatic rings. The molecule has 3 heteroatoms. The second-order valence-electron chi connectivity index (χ2n) is 5.87. The predicted octanol–water partition coefficient (Wildman–Crippen LogP) is 2.91. The van der Waals surface area contributed by atoms with Crippen LogP contribution >= 0.6 is 0 Å². The zero-order valence-corrected chi connectivity index (χ0v) is 12.2. The summed E-state index contributed by atoms with van der Waals surface area (Å²) in [5, 5.41) is 3.47. The number of hydrogen-bond donors (Lipinski definition) is 1. The number of imidazole rings is 1. The third kappa shape index (κ3) is 1.96. The van der Waals surface area contributed by atoms with Crippen LogP contribution in [0.15, 0.2) is 18.2 Å². The minimum atomic E-state index is 0.257. The Balaban J connectivity index is 2.15. The van der Waals surface area contributed by atoms with Gasteiger partial charge in [-0.1, -0.05) is 13.0 Å². The van der Waals surface area contributed by atoms with Crippen LogP contribution in [0.2, 0.25) is 0 Å². The largest absolute Gasteiger partial charge is 0.331 e. The molecule has 0 atom stereocenters. The van der Waals surface area contributed by atoms with Gasteiger partial charge in [-0.3, -0.25) is 0 Å². The van der Waals surface area contributed by atoms with E-state index in [1.807, 2.05) is 0 Å². The van der Waals surface area contributed by atoms with Crippen LogP contribution in [-0.2, 0) is 12.5 Å². The maximum atomic E-state index is 4.97. The lowest BCUT2D eigenvalue weighted by Crippen LogP contribution is -2.41. The van der Waals surface area contributed by atoms with Crippen molar-refractivity contribution in [2.75, 3.05) is 13.1 Å². The molecule has 0 unspecified atom stereocenters. The van der Waals surface area contributed by atoms with Gasteiger partial charge in [-0.15, -0.1) is 0 Å². The van der Waals surface area contributed by atoms with E-state index in [-0.39, 0.29) is 5.41 Å². The first-order valence-corrected chi connectivity index (χ1v) is 7.30. The number of aryl methyl sites for hydroxylation is 2. The Bertz CT molecular complexity index is 591. The molecule has 1 aromatic carbocycles. The molecule has 1 aromatic heterocycles. The van der Waals surface area contributed by atoms with E-state index in [0.717, 1.165) is 18.6 Å². The molecular formula is C16H23N3. The molecule has 2 heterocycles. The van der Waals surface area contributed by atoms with Gasteiger partial charge in [0.15, 0.2) is 0 Å². The first-order valence-electron chi connectivity index (χ1n) is 7.30. The summed E-state index contributed by atoms with van der Waals surface area (Å²) < 4.78 is 2.31. The van der Waals surface area contributed by atoms with Crippen LogP contribution in [-0.4, -0.2) is 22.6 Å². The van der Waals surface area contributed by atoms with Crippen molar-refractivity contribution in [3.05, 3.63) is 29.6 Å². The summed E-state index contributed by atoms with van der Waals surface area (Å²) in [6.07, 6.45) is 3.56. The molecular weight excluding hydrogens is 234 g/mol. The molecule has 1 fully saturated rings. The summed E-state index contributed by atoms with van der Waals surface area (Å²) in [5.74, 6) is 1.28. The van der Waals surface area contributed by atoms with Crippen LogP contribution < -0.4 is 5.32 Å². The Morgan fingerprint density at radius 3 is 2.74 bits per heavy atom. The van der Waals surface area contributed by atoms with Gasteiger partial charge in [-0.05, 0) is 57.0 Å². The summed E-state index contributed by atoms with van der Waals surface area (Å²) in [6, 6.07) is 6.57. The van der Waals surface area contributed by atoms with Crippen LogP contribution in [0.1, 0.15) is 37.6 Å². The summed E-state index contributed by atoms with van der Waals surface area (Å²) in [5.41, 5.74) is 3.94. The number of rotatable bonds is 2. The molecule has 19 heavy (non-hydrogen) atoms. The van der Waals surface area contributed by atoms with Gasteiger partial charge in [-0.25, -0.2) is 4.98 Å². The van der Waals surface area contributed by atoms with Gasteiger partial charge in [-0.2, -0.15) is 0 Å². The zero-order valence-electron chi connectivity index (χ0n) is 12.2. The first kappa shape index (κ1) is 12.7. The monoisotopic (exact) mass is 257 g/mol. The molecule has 0 saturated carbocycles. The molecule has 3 nitrogen and oxygen atoms in total. The van der Waals surface area contributed by atoms with Gasteiger partial charge < -0.3 is 9.88 Å². The Labute approximate surface area is 115 Å². The van der Waals surface area contributed by atoms with Crippen molar-refractivity contribution in [3.63, 3.8) is 0 Å². The smallest absolute Gasteiger partial charge is 0.115 e. The Kier molecular flexibility index (Phi) is 3.09. The highest BCUT2D eigenvalue weighted by molar-refractivity contribution is 5.77. The lowest BCUT2D eigenvalue weighted by molar-refractivity contribution is 0.277. The highest BCUT2D eigenvalue weighted by Gasteiger charge is 2.36. The normalized spacial score (nSPS) is 18.9. The van der Waals surface area contributed by atoms with Gasteiger partial charge in [0.1, 0.15) is 5.82 Å². The molecule has 1 N–H and O–H groups in total. The quantitative estimate of drug-likeness (QED) is 0.896. The van der Waals surface area contributed by atoms with E-state index < -0.39 is 0 Å². The van der Waals surface area contributed by atoms with Gasteiger partial charge in [0.2, 0.25) is 0 Å². The maximum absolute atomic E-state index is 4.97. The topological polar surface area (TPSA) is 29.9 Å². The Morgan fingerprint density at radius 2 is 2.05 bits per heavy atom. The van der Waals surface area contributed by atoms with E-state index in [2.05, 4.69) is 49.0 Å². The second-order valence-corrected chi connectivity index (χ2v) is 5.87. The van der Waals surface area contributed by atoms with Crippen LogP contribution in [0, 0.1) is 6.92 Å². The van der Waals surface area contributed by atoms with Crippen molar-refractivity contribution >= 4 is 11.0 Å². The minimum Gasteiger partial charge on any atom is -0.331 e. The fraction of sp³-hybridized carbons (Fsp3) is 0.562. The number of benzene rings is 1. The standard InChI is InChI=1S/C16H23N3/c1-4-16(7-9-17-10-8-16)15-18-13-11-12(2)5-6-14(13)19(15)3/h5-6,11,17H,4,7-10H2,1-3H3. The van der Waals surface area contributed by atoms with Crippen molar-refractivity contribution in [3.8, 4) is 0 Å². The van der Waals surface area contributed by atoms with Crippen molar-refractivity contribution in [2.24, 2.45) is 7.05 Å². The van der Waals surface area contributed by atoms with E-state index in [0.29, 0.717) is 0 Å². The number of aromatic nitrogens is 2. The Morgan fingerprint density at radius 1 is 1.32 bits per heavy atom. The SMILES string of the molecule is CCC1(c2nc3cc(C)ccc3n2C)CCNCC1. The number of nitrogens with one attached hydrogen (secondary N) is 1. The highest BCUT2D eigenvalue weighted by Crippen LogP contribution is 2.37. The summed E-state index contributed by atoms with van der Waals surface area (Å²) >= 11 is 0. The van der Waals surface area contributed by atoms with Crippen LogP contribution in [0.25, 0.3) is 11.0 Å². The van der Waals surface area contributed by atoms with Crippen LogP contribution in [0.5, 0.6) is 0 Å². The average molecular weight is 257 g/mol. The van der Waals surface area contributed by atoms with Gasteiger partial charge in [0.25, 0.3) is 0 Å². The lowest BCUT2D eigenvalue weighted by Gasteiger charge is -2.36. The molecule has 0 spiro atoms. The average Bonchev–Trinajstić information content (AvgIpc) is 2.77. The minimum absolute atomic E-state index is 0.257. The summed E-state index contributed by atoms with van der Waals surface area (Å²) in [7, 11) is 2.17. The Hall–Kier alpha value is -1.35. The van der Waals surface area contributed by atoms with E-state index in [1.165, 1.54) is 36.2 Å². The summed E-state index contributed by atoms with van der Waals surface area (Å²) in [4.78, 5) is 4.97. The molecule has 3 rings (SSSR count). The van der Waals surface area contributed by atoms with E-state index in [9.17, 15) is 0 Å². The number of hydrogen-bond acceptors (Lipinski definition) is 2. The number of piperidine rings is 1. The van der Waals surface area contributed by atoms with E-state index >= 15 is 0 Å². The molecule has 1 aliphatic heterocycles. The van der Waals surface area contributed by atoms with Crippen molar-refractivity contribution < 1.29 is 0 Å². The molecule has 0 radical (unpaired) electrons. The van der Waals surface area contributed by atoms with Gasteiger partial charge >= 0.3 is 0 Å². The molecule has 102 valence electrons. The highest BCUT2D eigenvalue weighted by atomic mass is 15.1. The second kappa shape index (κ2) is 4.64. The van der Waals surface area contributed by atoms with Crippen LogP contribution in [0.3, 0.4) is 0 Å². The fourth-order valence-electron chi connectivity index (χ4n) is 3.42. The lowest BCUT2D eigenvalue weighted by atomic mass is 9.76. The third-order valence-electron chi connectivity index (χ3n) is 4.75. The molecule has 1 aliphatic rings. The first-order chi connectivity index (χ1) is 9.16. The molecule has 0 amide bonds. The van der Waals surface area contributed by atoms with E-state index in [4.69, 9.17) is 4.98 Å².